The van der Waals surface area contributed by atoms with Crippen molar-refractivity contribution in [3.63, 3.8) is 0 Å². The first kappa shape index (κ1) is 13.1. The van der Waals surface area contributed by atoms with Crippen molar-refractivity contribution in [3.05, 3.63) is 12.2 Å². The van der Waals surface area contributed by atoms with Crippen molar-refractivity contribution in [1.29, 1.82) is 0 Å². The standard InChI is InChI=1S/C14H25NO2/c1-11(2)12-4-5-14(3,16)13(10-12)15-6-8-17-9-7-15/h12-13,16H,1,4-10H2,2-3H3/t12-,13-,14+/m0/s1. The topological polar surface area (TPSA) is 32.7 Å². The van der Waals surface area contributed by atoms with Crippen molar-refractivity contribution in [1.82, 2.24) is 4.90 Å². The highest BCUT2D eigenvalue weighted by Gasteiger charge is 2.41. The molecule has 1 N–H and O–H groups in total. The Bertz CT molecular complexity index is 282. The van der Waals surface area contributed by atoms with E-state index in [1.165, 1.54) is 5.57 Å². The zero-order valence-electron chi connectivity index (χ0n) is 11.1. The zero-order chi connectivity index (χ0) is 12.5. The van der Waals surface area contributed by atoms with Crippen LogP contribution >= 0.6 is 0 Å². The number of hydrogen-bond acceptors (Lipinski definition) is 3. The van der Waals surface area contributed by atoms with E-state index < -0.39 is 5.60 Å². The normalized spacial score (nSPS) is 40.2. The minimum atomic E-state index is -0.552. The van der Waals surface area contributed by atoms with E-state index in [0.717, 1.165) is 45.6 Å². The fourth-order valence-electron chi connectivity index (χ4n) is 3.15. The molecule has 3 heteroatoms. The predicted molar refractivity (Wildman–Crippen MR) is 69.0 cm³/mol. The van der Waals surface area contributed by atoms with E-state index in [-0.39, 0.29) is 6.04 Å². The first-order chi connectivity index (χ1) is 8.00. The second-order valence-corrected chi connectivity index (χ2v) is 5.84. The molecule has 1 saturated carbocycles. The molecule has 0 spiro atoms. The zero-order valence-corrected chi connectivity index (χ0v) is 11.1. The van der Waals surface area contributed by atoms with E-state index >= 15 is 0 Å². The fraction of sp³-hybridized carbons (Fsp3) is 0.857. The third-order valence-electron chi connectivity index (χ3n) is 4.41. The Hall–Kier alpha value is -0.380. The maximum atomic E-state index is 10.6. The number of allylic oxidation sites excluding steroid dienone is 1. The van der Waals surface area contributed by atoms with E-state index in [4.69, 9.17) is 4.74 Å². The van der Waals surface area contributed by atoms with Crippen molar-refractivity contribution in [2.24, 2.45) is 5.92 Å². The van der Waals surface area contributed by atoms with Gasteiger partial charge in [-0.15, -0.1) is 0 Å². The van der Waals surface area contributed by atoms with Gasteiger partial charge in [0.2, 0.25) is 0 Å². The van der Waals surface area contributed by atoms with Gasteiger partial charge in [0.15, 0.2) is 0 Å². The maximum absolute atomic E-state index is 10.6. The lowest BCUT2D eigenvalue weighted by molar-refractivity contribution is -0.0938. The molecular formula is C14H25NO2. The van der Waals surface area contributed by atoms with Crippen molar-refractivity contribution in [2.45, 2.75) is 44.8 Å². The van der Waals surface area contributed by atoms with E-state index in [2.05, 4.69) is 18.4 Å². The molecule has 1 saturated heterocycles. The molecule has 0 aromatic heterocycles. The first-order valence-corrected chi connectivity index (χ1v) is 6.70. The Balaban J connectivity index is 2.06. The summed E-state index contributed by atoms with van der Waals surface area (Å²) in [7, 11) is 0. The number of nitrogens with zero attached hydrogens (tertiary/aromatic N) is 1. The van der Waals surface area contributed by atoms with Crippen LogP contribution < -0.4 is 0 Å². The second-order valence-electron chi connectivity index (χ2n) is 5.84. The highest BCUT2D eigenvalue weighted by Crippen LogP contribution is 2.38. The third kappa shape index (κ3) is 2.90. The lowest BCUT2D eigenvalue weighted by Gasteiger charge is -2.47. The summed E-state index contributed by atoms with van der Waals surface area (Å²) in [5.41, 5.74) is 0.710. The fourth-order valence-corrected chi connectivity index (χ4v) is 3.15. The molecule has 1 heterocycles. The smallest absolute Gasteiger partial charge is 0.0774 e. The van der Waals surface area contributed by atoms with E-state index in [9.17, 15) is 5.11 Å². The Morgan fingerprint density at radius 2 is 2.06 bits per heavy atom. The number of morpholine rings is 1. The molecule has 0 aromatic carbocycles. The van der Waals surface area contributed by atoms with Gasteiger partial charge in [-0.3, -0.25) is 4.90 Å². The minimum absolute atomic E-state index is 0.266. The van der Waals surface area contributed by atoms with Crippen LogP contribution in [0.5, 0.6) is 0 Å². The molecule has 0 aromatic rings. The maximum Gasteiger partial charge on any atom is 0.0774 e. The van der Waals surface area contributed by atoms with Crippen molar-refractivity contribution < 1.29 is 9.84 Å². The van der Waals surface area contributed by atoms with Crippen LogP contribution in [-0.4, -0.2) is 48.0 Å². The number of rotatable bonds is 2. The summed E-state index contributed by atoms with van der Waals surface area (Å²) < 4.78 is 5.39. The Morgan fingerprint density at radius 3 is 2.65 bits per heavy atom. The van der Waals surface area contributed by atoms with Gasteiger partial charge < -0.3 is 9.84 Å². The van der Waals surface area contributed by atoms with Gasteiger partial charge in [-0.25, -0.2) is 0 Å². The molecule has 0 radical (unpaired) electrons. The van der Waals surface area contributed by atoms with E-state index in [1.807, 2.05) is 6.92 Å². The summed E-state index contributed by atoms with van der Waals surface area (Å²) >= 11 is 0. The molecule has 0 bridgehead atoms. The van der Waals surface area contributed by atoms with Gasteiger partial charge >= 0.3 is 0 Å². The Labute approximate surface area is 104 Å². The third-order valence-corrected chi connectivity index (χ3v) is 4.41. The molecule has 0 amide bonds. The molecule has 98 valence electrons. The molecular weight excluding hydrogens is 214 g/mol. The summed E-state index contributed by atoms with van der Waals surface area (Å²) in [4.78, 5) is 2.40. The molecule has 1 aliphatic carbocycles. The molecule has 3 nitrogen and oxygen atoms in total. The highest BCUT2D eigenvalue weighted by molar-refractivity contribution is 5.05. The van der Waals surface area contributed by atoms with Crippen LogP contribution in [0.2, 0.25) is 0 Å². The van der Waals surface area contributed by atoms with Gasteiger partial charge in [0.05, 0.1) is 18.8 Å². The first-order valence-electron chi connectivity index (χ1n) is 6.70. The quantitative estimate of drug-likeness (QED) is 0.746. The molecule has 2 fully saturated rings. The molecule has 2 aliphatic rings. The molecule has 17 heavy (non-hydrogen) atoms. The Kier molecular flexibility index (Phi) is 3.91. The number of ether oxygens (including phenoxy) is 1. The average Bonchev–Trinajstić information content (AvgIpc) is 2.29. The molecule has 2 rings (SSSR count). The van der Waals surface area contributed by atoms with Gasteiger partial charge in [-0.05, 0) is 39.0 Å². The molecule has 0 unspecified atom stereocenters. The van der Waals surface area contributed by atoms with Gasteiger partial charge in [-0.1, -0.05) is 12.2 Å². The highest BCUT2D eigenvalue weighted by atomic mass is 16.5. The number of hydrogen-bond donors (Lipinski definition) is 1. The van der Waals surface area contributed by atoms with Gasteiger partial charge in [-0.2, -0.15) is 0 Å². The van der Waals surface area contributed by atoms with Crippen LogP contribution in [0.25, 0.3) is 0 Å². The van der Waals surface area contributed by atoms with Crippen LogP contribution in [0, 0.1) is 5.92 Å². The summed E-state index contributed by atoms with van der Waals surface area (Å²) in [5, 5.41) is 10.6. The van der Waals surface area contributed by atoms with Crippen molar-refractivity contribution in [3.8, 4) is 0 Å². The van der Waals surface area contributed by atoms with Crippen LogP contribution in [0.3, 0.4) is 0 Å². The second kappa shape index (κ2) is 5.09. The summed E-state index contributed by atoms with van der Waals surface area (Å²) in [6.07, 6.45) is 3.00. The van der Waals surface area contributed by atoms with E-state index in [1.54, 1.807) is 0 Å². The van der Waals surface area contributed by atoms with Crippen LogP contribution in [0.15, 0.2) is 12.2 Å². The lowest BCUT2D eigenvalue weighted by atomic mass is 9.73. The van der Waals surface area contributed by atoms with Gasteiger partial charge in [0.1, 0.15) is 0 Å². The summed E-state index contributed by atoms with van der Waals surface area (Å²) in [6.45, 7) is 11.7. The Morgan fingerprint density at radius 1 is 1.41 bits per heavy atom. The number of aliphatic hydroxyl groups is 1. The van der Waals surface area contributed by atoms with Crippen LogP contribution in [-0.2, 0) is 4.74 Å². The van der Waals surface area contributed by atoms with Crippen molar-refractivity contribution >= 4 is 0 Å². The summed E-state index contributed by atoms with van der Waals surface area (Å²) in [5.74, 6) is 0.572. The summed E-state index contributed by atoms with van der Waals surface area (Å²) in [6, 6.07) is 0.266. The van der Waals surface area contributed by atoms with E-state index in [0.29, 0.717) is 5.92 Å². The monoisotopic (exact) mass is 239 g/mol. The van der Waals surface area contributed by atoms with Gasteiger partial charge in [0, 0.05) is 19.1 Å². The lowest BCUT2D eigenvalue weighted by Crippen LogP contribution is -2.57. The minimum Gasteiger partial charge on any atom is -0.389 e. The molecule has 1 aliphatic heterocycles. The van der Waals surface area contributed by atoms with Crippen molar-refractivity contribution in [2.75, 3.05) is 26.3 Å². The largest absolute Gasteiger partial charge is 0.389 e. The van der Waals surface area contributed by atoms with Crippen LogP contribution in [0.4, 0.5) is 0 Å². The molecule has 3 atom stereocenters. The SMILES string of the molecule is C=C(C)[C@H]1CC[C@@](C)(O)[C@@H](N2CCOCC2)C1. The van der Waals surface area contributed by atoms with Crippen LogP contribution in [0.1, 0.15) is 33.1 Å². The average molecular weight is 239 g/mol. The van der Waals surface area contributed by atoms with Gasteiger partial charge in [0.25, 0.3) is 0 Å². The predicted octanol–water partition coefficient (Wildman–Crippen LogP) is 1.81.